The van der Waals surface area contributed by atoms with Gasteiger partial charge in [-0.25, -0.2) is 0 Å². The van der Waals surface area contributed by atoms with Crippen LogP contribution in [0.1, 0.15) is 22.2 Å². The number of thiophene rings is 1. The topological polar surface area (TPSA) is 32.3 Å². The van der Waals surface area contributed by atoms with E-state index in [0.717, 1.165) is 18.7 Å². The number of benzene rings is 1. The number of carbonyl (C=O) groups is 1. The summed E-state index contributed by atoms with van der Waals surface area (Å²) >= 11 is 7.74. The third kappa shape index (κ3) is 4.22. The number of likely N-dealkylation sites (N-methyl/N-ethyl adjacent to an activating group) is 1. The lowest BCUT2D eigenvalue weighted by atomic mass is 10.1. The van der Waals surface area contributed by atoms with Crippen molar-refractivity contribution in [1.82, 2.24) is 4.90 Å². The van der Waals surface area contributed by atoms with E-state index in [4.69, 9.17) is 11.6 Å². The molecule has 21 heavy (non-hydrogen) atoms. The maximum atomic E-state index is 12.6. The van der Waals surface area contributed by atoms with Gasteiger partial charge in [-0.2, -0.15) is 0 Å². The van der Waals surface area contributed by atoms with E-state index in [1.807, 2.05) is 26.1 Å². The van der Waals surface area contributed by atoms with Gasteiger partial charge >= 0.3 is 0 Å². The van der Waals surface area contributed by atoms with Crippen molar-refractivity contribution in [3.63, 3.8) is 0 Å². The fraction of sp³-hybridized carbons (Fsp3) is 0.312. The van der Waals surface area contributed by atoms with E-state index in [-0.39, 0.29) is 5.91 Å². The number of carbonyl (C=O) groups excluding carboxylic acids is 1. The van der Waals surface area contributed by atoms with Crippen LogP contribution in [0.3, 0.4) is 0 Å². The smallest absolute Gasteiger partial charge is 0.255 e. The highest BCUT2D eigenvalue weighted by Crippen LogP contribution is 2.22. The van der Waals surface area contributed by atoms with Gasteiger partial charge in [0.15, 0.2) is 0 Å². The van der Waals surface area contributed by atoms with Gasteiger partial charge < -0.3 is 10.2 Å². The molecule has 2 aromatic rings. The normalized spacial score (nSPS) is 10.4. The first-order valence-corrected chi connectivity index (χ1v) is 8.19. The molecule has 0 radical (unpaired) electrons. The summed E-state index contributed by atoms with van der Waals surface area (Å²) < 4.78 is 0. The molecule has 5 heteroatoms. The number of anilines is 1. The van der Waals surface area contributed by atoms with Crippen LogP contribution in [-0.4, -0.2) is 30.9 Å². The lowest BCUT2D eigenvalue weighted by Gasteiger charge is -2.19. The second-order valence-corrected chi connectivity index (χ2v) is 6.24. The number of hydrogen-bond donors (Lipinski definition) is 1. The Morgan fingerprint density at radius 3 is 2.86 bits per heavy atom. The molecule has 3 nitrogen and oxygen atoms in total. The van der Waals surface area contributed by atoms with Crippen molar-refractivity contribution in [2.75, 3.05) is 25.5 Å². The fourth-order valence-electron chi connectivity index (χ4n) is 2.08. The molecule has 0 bridgehead atoms. The minimum absolute atomic E-state index is 0.00925. The number of nitrogens with one attached hydrogen (secondary N) is 1. The summed E-state index contributed by atoms with van der Waals surface area (Å²) in [6.45, 7) is 3.46. The fourth-order valence-corrected chi connectivity index (χ4v) is 2.95. The van der Waals surface area contributed by atoms with Gasteiger partial charge in [-0.05, 0) is 43.0 Å². The van der Waals surface area contributed by atoms with Gasteiger partial charge in [0.05, 0.1) is 5.56 Å². The highest BCUT2D eigenvalue weighted by molar-refractivity contribution is 7.09. The summed E-state index contributed by atoms with van der Waals surface area (Å²) in [7, 11) is 1.83. The Bertz CT molecular complexity index is 598. The van der Waals surface area contributed by atoms with E-state index in [1.165, 1.54) is 4.88 Å². The first-order chi connectivity index (χ1) is 10.1. The van der Waals surface area contributed by atoms with Crippen molar-refractivity contribution in [3.05, 3.63) is 51.2 Å². The molecular weight excluding hydrogens is 304 g/mol. The molecule has 2 rings (SSSR count). The molecule has 0 atom stereocenters. The summed E-state index contributed by atoms with van der Waals surface area (Å²) in [5, 5.41) is 5.83. The van der Waals surface area contributed by atoms with Gasteiger partial charge in [-0.1, -0.05) is 17.7 Å². The molecule has 1 aromatic heterocycles. The van der Waals surface area contributed by atoms with Crippen LogP contribution in [0.5, 0.6) is 0 Å². The molecule has 0 fully saturated rings. The maximum absolute atomic E-state index is 12.6. The van der Waals surface area contributed by atoms with Gasteiger partial charge in [0, 0.05) is 35.7 Å². The third-order valence-electron chi connectivity index (χ3n) is 3.20. The highest BCUT2D eigenvalue weighted by Gasteiger charge is 2.16. The highest BCUT2D eigenvalue weighted by atomic mass is 35.5. The molecule has 0 saturated carbocycles. The first kappa shape index (κ1) is 15.9. The number of rotatable bonds is 6. The van der Waals surface area contributed by atoms with Crippen molar-refractivity contribution in [1.29, 1.82) is 0 Å². The van der Waals surface area contributed by atoms with Crippen molar-refractivity contribution in [2.24, 2.45) is 0 Å². The zero-order chi connectivity index (χ0) is 15.2. The van der Waals surface area contributed by atoms with E-state index in [1.54, 1.807) is 28.4 Å². The van der Waals surface area contributed by atoms with E-state index in [9.17, 15) is 4.79 Å². The third-order valence-corrected chi connectivity index (χ3v) is 4.37. The van der Waals surface area contributed by atoms with Crippen molar-refractivity contribution in [2.45, 2.75) is 13.3 Å². The van der Waals surface area contributed by atoms with Gasteiger partial charge in [-0.3, -0.25) is 4.79 Å². The van der Waals surface area contributed by atoms with Crippen LogP contribution in [0, 0.1) is 0 Å². The van der Waals surface area contributed by atoms with Crippen LogP contribution in [0.4, 0.5) is 5.69 Å². The molecule has 1 aromatic carbocycles. The Balaban J connectivity index is 2.09. The molecule has 1 heterocycles. The molecule has 0 aliphatic heterocycles. The van der Waals surface area contributed by atoms with E-state index < -0.39 is 0 Å². The van der Waals surface area contributed by atoms with Gasteiger partial charge in [-0.15, -0.1) is 11.3 Å². The molecule has 0 unspecified atom stereocenters. The molecule has 0 aliphatic rings. The number of hydrogen-bond acceptors (Lipinski definition) is 3. The van der Waals surface area contributed by atoms with E-state index in [0.29, 0.717) is 17.1 Å². The summed E-state index contributed by atoms with van der Waals surface area (Å²) in [4.78, 5) is 15.6. The Morgan fingerprint density at radius 2 is 2.19 bits per heavy atom. The largest absolute Gasteiger partial charge is 0.385 e. The van der Waals surface area contributed by atoms with Crippen LogP contribution in [0.15, 0.2) is 35.7 Å². The molecule has 0 aliphatic carbocycles. The maximum Gasteiger partial charge on any atom is 0.255 e. The summed E-state index contributed by atoms with van der Waals surface area (Å²) in [5.74, 6) is -0.00925. The Kier molecular flexibility index (Phi) is 5.65. The molecule has 1 amide bonds. The van der Waals surface area contributed by atoms with Gasteiger partial charge in [0.1, 0.15) is 0 Å². The summed E-state index contributed by atoms with van der Waals surface area (Å²) in [6.07, 6.45) is 0.872. The predicted octanol–water partition coefficient (Wildman–Crippen LogP) is 4.15. The minimum atomic E-state index is -0.00925. The monoisotopic (exact) mass is 322 g/mol. The molecule has 0 spiro atoms. The molecule has 112 valence electrons. The molecular formula is C16H19ClN2OS. The number of halogens is 1. The lowest BCUT2D eigenvalue weighted by Crippen LogP contribution is -2.29. The van der Waals surface area contributed by atoms with Crippen molar-refractivity contribution >= 4 is 34.5 Å². The second-order valence-electron chi connectivity index (χ2n) is 4.78. The molecule has 1 N–H and O–H groups in total. The summed E-state index contributed by atoms with van der Waals surface area (Å²) in [5.41, 5.74) is 1.45. The van der Waals surface area contributed by atoms with Gasteiger partial charge in [0.25, 0.3) is 5.91 Å². The Labute approximate surface area is 134 Å². The zero-order valence-electron chi connectivity index (χ0n) is 12.2. The van der Waals surface area contributed by atoms with Crippen LogP contribution < -0.4 is 5.32 Å². The van der Waals surface area contributed by atoms with Crippen LogP contribution in [0.25, 0.3) is 0 Å². The SMILES string of the molecule is CCNc1ccc(Cl)cc1C(=O)N(C)CCc1cccs1. The quantitative estimate of drug-likeness (QED) is 0.866. The Morgan fingerprint density at radius 1 is 1.38 bits per heavy atom. The lowest BCUT2D eigenvalue weighted by molar-refractivity contribution is 0.0798. The van der Waals surface area contributed by atoms with E-state index >= 15 is 0 Å². The average molecular weight is 323 g/mol. The van der Waals surface area contributed by atoms with Crippen molar-refractivity contribution in [3.8, 4) is 0 Å². The van der Waals surface area contributed by atoms with E-state index in [2.05, 4.69) is 16.8 Å². The van der Waals surface area contributed by atoms with Gasteiger partial charge in [0.2, 0.25) is 0 Å². The van der Waals surface area contributed by atoms with Crippen LogP contribution >= 0.6 is 22.9 Å². The predicted molar refractivity (Wildman–Crippen MR) is 90.6 cm³/mol. The zero-order valence-corrected chi connectivity index (χ0v) is 13.8. The summed E-state index contributed by atoms with van der Waals surface area (Å²) in [6, 6.07) is 9.49. The average Bonchev–Trinajstić information content (AvgIpc) is 2.99. The molecule has 0 saturated heterocycles. The van der Waals surface area contributed by atoms with Crippen molar-refractivity contribution < 1.29 is 4.79 Å². The second kappa shape index (κ2) is 7.48. The Hall–Kier alpha value is -1.52. The number of nitrogens with zero attached hydrogens (tertiary/aromatic N) is 1. The number of amides is 1. The van der Waals surface area contributed by atoms with Crippen LogP contribution in [0.2, 0.25) is 5.02 Å². The first-order valence-electron chi connectivity index (χ1n) is 6.93. The minimum Gasteiger partial charge on any atom is -0.385 e. The standard InChI is InChI=1S/C16H19ClN2OS/c1-3-18-15-7-6-12(17)11-14(15)16(20)19(2)9-8-13-5-4-10-21-13/h4-7,10-11,18H,3,8-9H2,1-2H3. The van der Waals surface area contributed by atoms with Crippen LogP contribution in [-0.2, 0) is 6.42 Å².